The van der Waals surface area contributed by atoms with Crippen LogP contribution in [-0.2, 0) is 0 Å². The van der Waals surface area contributed by atoms with Crippen molar-refractivity contribution in [3.63, 3.8) is 0 Å². The van der Waals surface area contributed by atoms with E-state index >= 15 is 0 Å². The highest BCUT2D eigenvalue weighted by atomic mass is 35.5. The van der Waals surface area contributed by atoms with E-state index in [1.54, 1.807) is 6.07 Å². The number of benzene rings is 1. The summed E-state index contributed by atoms with van der Waals surface area (Å²) in [6.07, 6.45) is 0. The van der Waals surface area contributed by atoms with E-state index in [1.807, 2.05) is 9.67 Å². The Morgan fingerprint density at radius 3 is 1.79 bits per heavy atom. The molecular formula is C8H6Cl2N2O2. The quantitative estimate of drug-likeness (QED) is 0.759. The van der Waals surface area contributed by atoms with Crippen LogP contribution in [-0.4, -0.2) is 11.8 Å². The summed E-state index contributed by atoms with van der Waals surface area (Å²) in [6, 6.07) is 6.00. The lowest BCUT2D eigenvalue weighted by atomic mass is 10.1. The summed E-state index contributed by atoms with van der Waals surface area (Å²) in [6.45, 7) is 0. The molecule has 0 saturated heterocycles. The molecule has 74 valence electrons. The van der Waals surface area contributed by atoms with Gasteiger partial charge in [-0.25, -0.2) is 0 Å². The van der Waals surface area contributed by atoms with Crippen molar-refractivity contribution in [1.82, 2.24) is 9.67 Å². The predicted octanol–water partition coefficient (Wildman–Crippen LogP) is 1.45. The molecule has 0 aliphatic heterocycles. The molecule has 0 atom stereocenters. The van der Waals surface area contributed by atoms with E-state index in [9.17, 15) is 9.59 Å². The van der Waals surface area contributed by atoms with Crippen molar-refractivity contribution in [3.05, 3.63) is 35.4 Å². The molecule has 14 heavy (non-hydrogen) atoms. The number of nitrogens with one attached hydrogen (secondary N) is 2. The Bertz CT molecular complexity index is 337. The minimum atomic E-state index is -0.476. The SMILES string of the molecule is O=C(NCl)c1cccc(C(=O)NCl)c1. The average molecular weight is 233 g/mol. The molecule has 2 N–H and O–H groups in total. The average Bonchev–Trinajstić information content (AvgIpc) is 2.27. The summed E-state index contributed by atoms with van der Waals surface area (Å²) >= 11 is 10.3. The van der Waals surface area contributed by atoms with E-state index in [0.29, 0.717) is 0 Å². The van der Waals surface area contributed by atoms with E-state index in [4.69, 9.17) is 23.6 Å². The zero-order chi connectivity index (χ0) is 10.6. The Balaban J connectivity index is 3.01. The first kappa shape index (κ1) is 10.8. The molecule has 0 fully saturated rings. The van der Waals surface area contributed by atoms with Gasteiger partial charge in [0.2, 0.25) is 0 Å². The van der Waals surface area contributed by atoms with Crippen molar-refractivity contribution >= 4 is 35.4 Å². The van der Waals surface area contributed by atoms with Gasteiger partial charge < -0.3 is 0 Å². The molecule has 0 spiro atoms. The van der Waals surface area contributed by atoms with Gasteiger partial charge in [0, 0.05) is 34.7 Å². The summed E-state index contributed by atoms with van der Waals surface area (Å²) in [5, 5.41) is 0. The molecule has 2 amide bonds. The van der Waals surface area contributed by atoms with Crippen LogP contribution in [0.5, 0.6) is 0 Å². The molecule has 6 heteroatoms. The second-order valence-corrected chi connectivity index (χ2v) is 2.81. The fourth-order valence-corrected chi connectivity index (χ4v) is 1.13. The Labute approximate surface area is 90.4 Å². The maximum Gasteiger partial charge on any atom is 0.265 e. The van der Waals surface area contributed by atoms with E-state index in [2.05, 4.69) is 0 Å². The zero-order valence-electron chi connectivity index (χ0n) is 6.88. The summed E-state index contributed by atoms with van der Waals surface area (Å²) in [5.41, 5.74) is 0.579. The molecular weight excluding hydrogens is 227 g/mol. The highest BCUT2D eigenvalue weighted by Gasteiger charge is 2.08. The number of amides is 2. The van der Waals surface area contributed by atoms with E-state index < -0.39 is 11.8 Å². The number of carbonyl (C=O) groups is 2. The third kappa shape index (κ3) is 2.37. The minimum absolute atomic E-state index is 0.290. The lowest BCUT2D eigenvalue weighted by Crippen LogP contribution is -2.16. The molecule has 0 aliphatic rings. The molecule has 0 unspecified atom stereocenters. The van der Waals surface area contributed by atoms with Gasteiger partial charge in [0.1, 0.15) is 0 Å². The molecule has 0 radical (unpaired) electrons. The van der Waals surface area contributed by atoms with Crippen LogP contribution in [0.3, 0.4) is 0 Å². The van der Waals surface area contributed by atoms with Gasteiger partial charge in [0.25, 0.3) is 11.8 Å². The normalized spacial score (nSPS) is 9.29. The number of carbonyl (C=O) groups excluding carboxylic acids is 2. The lowest BCUT2D eigenvalue weighted by molar-refractivity contribution is 0.0980. The molecule has 1 aromatic rings. The Kier molecular flexibility index (Phi) is 3.73. The van der Waals surface area contributed by atoms with Crippen molar-refractivity contribution in [2.75, 3.05) is 0 Å². The summed E-state index contributed by atoms with van der Waals surface area (Å²) in [5.74, 6) is -0.952. The van der Waals surface area contributed by atoms with Crippen molar-refractivity contribution < 1.29 is 9.59 Å². The third-order valence-corrected chi connectivity index (χ3v) is 1.90. The monoisotopic (exact) mass is 232 g/mol. The van der Waals surface area contributed by atoms with Gasteiger partial charge in [-0.2, -0.15) is 0 Å². The predicted molar refractivity (Wildman–Crippen MR) is 53.1 cm³/mol. The summed E-state index contributed by atoms with van der Waals surface area (Å²) in [4.78, 5) is 26.0. The van der Waals surface area contributed by atoms with E-state index in [1.165, 1.54) is 18.2 Å². The smallest absolute Gasteiger partial charge is 0.265 e. The Morgan fingerprint density at radius 2 is 1.43 bits per heavy atom. The second kappa shape index (κ2) is 4.83. The minimum Gasteiger partial charge on any atom is -0.268 e. The van der Waals surface area contributed by atoms with Crippen LogP contribution in [0.4, 0.5) is 0 Å². The molecule has 0 aromatic heterocycles. The first-order valence-corrected chi connectivity index (χ1v) is 4.36. The first-order valence-electron chi connectivity index (χ1n) is 3.61. The highest BCUT2D eigenvalue weighted by molar-refractivity contribution is 6.25. The van der Waals surface area contributed by atoms with Crippen molar-refractivity contribution in [3.8, 4) is 0 Å². The topological polar surface area (TPSA) is 58.2 Å². The van der Waals surface area contributed by atoms with Crippen LogP contribution in [0.1, 0.15) is 20.7 Å². The maximum atomic E-state index is 11.1. The maximum absolute atomic E-state index is 11.1. The number of hydrogen-bond donors (Lipinski definition) is 2. The molecule has 0 bridgehead atoms. The van der Waals surface area contributed by atoms with Crippen molar-refractivity contribution in [2.24, 2.45) is 0 Å². The first-order chi connectivity index (χ1) is 6.69. The van der Waals surface area contributed by atoms with Gasteiger partial charge in [-0.1, -0.05) is 6.07 Å². The second-order valence-electron chi connectivity index (χ2n) is 2.43. The fraction of sp³-hybridized carbons (Fsp3) is 0. The van der Waals surface area contributed by atoms with Crippen LogP contribution < -0.4 is 9.67 Å². The van der Waals surface area contributed by atoms with Gasteiger partial charge in [-0.3, -0.25) is 19.3 Å². The molecule has 0 saturated carbocycles. The van der Waals surface area contributed by atoms with E-state index in [-0.39, 0.29) is 11.1 Å². The molecule has 4 nitrogen and oxygen atoms in total. The largest absolute Gasteiger partial charge is 0.268 e. The van der Waals surface area contributed by atoms with E-state index in [0.717, 1.165) is 0 Å². The number of hydrogen-bond acceptors (Lipinski definition) is 2. The van der Waals surface area contributed by atoms with Crippen LogP contribution in [0, 0.1) is 0 Å². The van der Waals surface area contributed by atoms with Gasteiger partial charge in [0.05, 0.1) is 0 Å². The van der Waals surface area contributed by atoms with Crippen LogP contribution >= 0.6 is 23.6 Å². The number of rotatable bonds is 2. The molecule has 1 rings (SSSR count). The number of halogens is 2. The molecule has 0 aliphatic carbocycles. The van der Waals surface area contributed by atoms with Crippen LogP contribution in [0.25, 0.3) is 0 Å². The van der Waals surface area contributed by atoms with Gasteiger partial charge in [-0.15, -0.1) is 0 Å². The Hall–Kier alpha value is -1.26. The lowest BCUT2D eigenvalue weighted by Gasteiger charge is -2.00. The third-order valence-electron chi connectivity index (χ3n) is 1.56. The highest BCUT2D eigenvalue weighted by Crippen LogP contribution is 2.05. The van der Waals surface area contributed by atoms with Crippen LogP contribution in [0.2, 0.25) is 0 Å². The zero-order valence-corrected chi connectivity index (χ0v) is 8.39. The van der Waals surface area contributed by atoms with Crippen LogP contribution in [0.15, 0.2) is 24.3 Å². The molecule has 0 heterocycles. The standard InChI is InChI=1S/C8H6Cl2N2O2/c9-11-7(13)5-2-1-3-6(4-5)8(14)12-10/h1-4H,(H,11,13)(H,12,14). The molecule has 1 aromatic carbocycles. The summed E-state index contributed by atoms with van der Waals surface area (Å²) in [7, 11) is 0. The summed E-state index contributed by atoms with van der Waals surface area (Å²) < 4.78 is 0. The Morgan fingerprint density at radius 1 is 1.00 bits per heavy atom. The van der Waals surface area contributed by atoms with Gasteiger partial charge in [0.15, 0.2) is 0 Å². The fourth-order valence-electron chi connectivity index (χ4n) is 0.911. The van der Waals surface area contributed by atoms with Crippen molar-refractivity contribution in [1.29, 1.82) is 0 Å². The van der Waals surface area contributed by atoms with Gasteiger partial charge >= 0.3 is 0 Å². The van der Waals surface area contributed by atoms with Crippen molar-refractivity contribution in [2.45, 2.75) is 0 Å². The van der Waals surface area contributed by atoms with Gasteiger partial charge in [-0.05, 0) is 18.2 Å².